The van der Waals surface area contributed by atoms with E-state index in [2.05, 4.69) is 46.7 Å². The van der Waals surface area contributed by atoms with Gasteiger partial charge >= 0.3 is 0 Å². The molecule has 2 atom stereocenters. The van der Waals surface area contributed by atoms with E-state index >= 15 is 0 Å². The highest BCUT2D eigenvalue weighted by atomic mass is 32.1. The summed E-state index contributed by atoms with van der Waals surface area (Å²) in [6.45, 7) is 3.23. The number of hydrogen-bond acceptors (Lipinski definition) is 2. The minimum absolute atomic E-state index is 0.471. The predicted octanol–water partition coefficient (Wildman–Crippen LogP) is 4.87. The van der Waals surface area contributed by atoms with Gasteiger partial charge in [-0.3, -0.25) is 4.90 Å². The Kier molecular flexibility index (Phi) is 5.74. The highest BCUT2D eigenvalue weighted by Gasteiger charge is 2.38. The van der Waals surface area contributed by atoms with E-state index < -0.39 is 0 Å². The molecule has 2 saturated heterocycles. The maximum Gasteiger partial charge on any atom is 0.170 e. The number of hydrogen-bond donors (Lipinski definition) is 2. The Morgan fingerprint density at radius 3 is 2.33 bits per heavy atom. The SMILES string of the molecule is Cc1ccc(CN2C3CCCC2CC(NC(=S)Nc2ccccc2)C3)cc1. The van der Waals surface area contributed by atoms with Crippen molar-refractivity contribution in [3.8, 4) is 0 Å². The molecule has 2 aliphatic rings. The number of anilines is 1. The molecule has 4 heteroatoms. The van der Waals surface area contributed by atoms with Crippen LogP contribution in [-0.2, 0) is 6.54 Å². The third-order valence-corrected chi connectivity index (χ3v) is 6.20. The summed E-state index contributed by atoms with van der Waals surface area (Å²) in [4.78, 5) is 2.75. The average molecular weight is 380 g/mol. The Hall–Kier alpha value is -1.91. The van der Waals surface area contributed by atoms with Crippen LogP contribution in [0.2, 0.25) is 0 Å². The molecule has 2 N–H and O–H groups in total. The number of aryl methyl sites for hydroxylation is 1. The lowest BCUT2D eigenvalue weighted by atomic mass is 9.81. The maximum absolute atomic E-state index is 5.56. The van der Waals surface area contributed by atoms with Gasteiger partial charge in [0.25, 0.3) is 0 Å². The van der Waals surface area contributed by atoms with Crippen LogP contribution in [0.4, 0.5) is 5.69 Å². The Labute approximate surface area is 168 Å². The number of piperidine rings is 2. The summed E-state index contributed by atoms with van der Waals surface area (Å²) in [6, 6.07) is 21.0. The monoisotopic (exact) mass is 379 g/mol. The van der Waals surface area contributed by atoms with Crippen molar-refractivity contribution in [3.05, 3.63) is 65.7 Å². The quantitative estimate of drug-likeness (QED) is 0.742. The standard InChI is InChI=1S/C23H29N3S/c1-17-10-12-18(13-11-17)16-26-21-8-5-9-22(26)15-20(14-21)25-23(27)24-19-6-3-2-4-7-19/h2-4,6-7,10-13,20-22H,5,8-9,14-16H2,1H3,(H2,24,25,27). The molecule has 2 aromatic carbocycles. The third kappa shape index (κ3) is 4.69. The fourth-order valence-electron chi connectivity index (χ4n) is 4.63. The van der Waals surface area contributed by atoms with Crippen molar-refractivity contribution in [2.24, 2.45) is 0 Å². The highest BCUT2D eigenvalue weighted by Crippen LogP contribution is 2.35. The average Bonchev–Trinajstić information content (AvgIpc) is 2.65. The van der Waals surface area contributed by atoms with Gasteiger partial charge in [0.1, 0.15) is 0 Å². The molecule has 2 unspecified atom stereocenters. The number of rotatable bonds is 4. The molecule has 2 heterocycles. The largest absolute Gasteiger partial charge is 0.360 e. The summed E-state index contributed by atoms with van der Waals surface area (Å²) in [7, 11) is 0. The van der Waals surface area contributed by atoms with Crippen LogP contribution in [0.5, 0.6) is 0 Å². The van der Waals surface area contributed by atoms with Gasteiger partial charge in [0.15, 0.2) is 5.11 Å². The first kappa shape index (κ1) is 18.5. The first-order chi connectivity index (χ1) is 13.2. The minimum Gasteiger partial charge on any atom is -0.360 e. The van der Waals surface area contributed by atoms with Crippen molar-refractivity contribution in [1.29, 1.82) is 0 Å². The fourth-order valence-corrected chi connectivity index (χ4v) is 4.92. The molecule has 2 fully saturated rings. The topological polar surface area (TPSA) is 27.3 Å². The molecule has 2 bridgehead atoms. The van der Waals surface area contributed by atoms with Crippen molar-refractivity contribution in [2.75, 3.05) is 5.32 Å². The molecule has 2 aromatic rings. The smallest absolute Gasteiger partial charge is 0.170 e. The van der Waals surface area contributed by atoms with E-state index in [1.807, 2.05) is 30.3 Å². The lowest BCUT2D eigenvalue weighted by Gasteiger charge is -2.49. The molecule has 2 aliphatic heterocycles. The van der Waals surface area contributed by atoms with Crippen LogP contribution in [0, 0.1) is 6.92 Å². The molecule has 0 aromatic heterocycles. The summed E-state index contributed by atoms with van der Waals surface area (Å²) in [5.74, 6) is 0. The number of benzene rings is 2. The molecule has 0 aliphatic carbocycles. The van der Waals surface area contributed by atoms with Gasteiger partial charge in [-0.1, -0.05) is 54.4 Å². The third-order valence-electron chi connectivity index (χ3n) is 5.98. The van der Waals surface area contributed by atoms with Gasteiger partial charge in [-0.15, -0.1) is 0 Å². The van der Waals surface area contributed by atoms with Gasteiger partial charge in [-0.25, -0.2) is 0 Å². The summed E-state index contributed by atoms with van der Waals surface area (Å²) in [5, 5.41) is 7.65. The molecule has 142 valence electrons. The molecule has 0 radical (unpaired) electrons. The summed E-state index contributed by atoms with van der Waals surface area (Å²) >= 11 is 5.56. The van der Waals surface area contributed by atoms with Crippen molar-refractivity contribution in [2.45, 2.75) is 63.7 Å². The van der Waals surface area contributed by atoms with Crippen LogP contribution in [0.25, 0.3) is 0 Å². The lowest BCUT2D eigenvalue weighted by Crippen LogP contribution is -2.56. The Bertz CT molecular complexity index is 745. The number of fused-ring (bicyclic) bond motifs is 2. The zero-order valence-electron chi connectivity index (χ0n) is 16.0. The molecular weight excluding hydrogens is 350 g/mol. The molecule has 4 rings (SSSR count). The van der Waals surface area contributed by atoms with Crippen LogP contribution in [0.15, 0.2) is 54.6 Å². The molecule has 27 heavy (non-hydrogen) atoms. The lowest BCUT2D eigenvalue weighted by molar-refractivity contribution is 0.0212. The number of nitrogens with one attached hydrogen (secondary N) is 2. The van der Waals surface area contributed by atoms with Crippen molar-refractivity contribution in [1.82, 2.24) is 10.2 Å². The molecule has 0 saturated carbocycles. The highest BCUT2D eigenvalue weighted by molar-refractivity contribution is 7.80. The molecule has 0 amide bonds. The zero-order valence-corrected chi connectivity index (χ0v) is 16.8. The van der Waals surface area contributed by atoms with E-state index in [0.717, 1.165) is 17.3 Å². The number of para-hydroxylation sites is 1. The van der Waals surface area contributed by atoms with E-state index in [9.17, 15) is 0 Å². The first-order valence-corrected chi connectivity index (χ1v) is 10.5. The molecular formula is C23H29N3S. The van der Waals surface area contributed by atoms with Crippen LogP contribution in [0.1, 0.15) is 43.2 Å². The minimum atomic E-state index is 0.471. The second kappa shape index (κ2) is 8.41. The zero-order chi connectivity index (χ0) is 18.6. The number of nitrogens with zero attached hydrogens (tertiary/aromatic N) is 1. The summed E-state index contributed by atoms with van der Waals surface area (Å²) < 4.78 is 0. The second-order valence-electron chi connectivity index (χ2n) is 8.03. The summed E-state index contributed by atoms with van der Waals surface area (Å²) in [6.07, 6.45) is 6.33. The van der Waals surface area contributed by atoms with Gasteiger partial charge in [0.2, 0.25) is 0 Å². The van der Waals surface area contributed by atoms with Crippen LogP contribution < -0.4 is 10.6 Å². The second-order valence-corrected chi connectivity index (χ2v) is 8.44. The Morgan fingerprint density at radius 2 is 1.67 bits per heavy atom. The fraction of sp³-hybridized carbons (Fsp3) is 0.435. The van der Waals surface area contributed by atoms with E-state index in [0.29, 0.717) is 18.1 Å². The van der Waals surface area contributed by atoms with E-state index in [-0.39, 0.29) is 0 Å². The maximum atomic E-state index is 5.56. The van der Waals surface area contributed by atoms with Gasteiger partial charge in [-0.05, 0) is 62.5 Å². The van der Waals surface area contributed by atoms with Crippen LogP contribution in [-0.4, -0.2) is 28.1 Å². The Morgan fingerprint density at radius 1 is 1.00 bits per heavy atom. The van der Waals surface area contributed by atoms with Gasteiger partial charge in [0.05, 0.1) is 0 Å². The van der Waals surface area contributed by atoms with Gasteiger partial charge in [0, 0.05) is 30.4 Å². The van der Waals surface area contributed by atoms with E-state index in [1.54, 1.807) is 0 Å². The molecule has 3 nitrogen and oxygen atoms in total. The van der Waals surface area contributed by atoms with Crippen LogP contribution in [0.3, 0.4) is 0 Å². The number of thiocarbonyl (C=S) groups is 1. The normalized spacial score (nSPS) is 25.0. The van der Waals surface area contributed by atoms with Crippen LogP contribution >= 0.6 is 12.2 Å². The van der Waals surface area contributed by atoms with Gasteiger partial charge < -0.3 is 10.6 Å². The predicted molar refractivity (Wildman–Crippen MR) is 117 cm³/mol. The van der Waals surface area contributed by atoms with Crippen molar-refractivity contribution >= 4 is 23.0 Å². The van der Waals surface area contributed by atoms with Gasteiger partial charge in [-0.2, -0.15) is 0 Å². The molecule has 0 spiro atoms. The van der Waals surface area contributed by atoms with E-state index in [4.69, 9.17) is 12.2 Å². The first-order valence-electron chi connectivity index (χ1n) is 10.1. The van der Waals surface area contributed by atoms with E-state index in [1.165, 1.54) is 43.2 Å². The summed E-state index contributed by atoms with van der Waals surface area (Å²) in [5.41, 5.74) is 3.82. The Balaban J connectivity index is 1.36. The van der Waals surface area contributed by atoms with Crippen molar-refractivity contribution < 1.29 is 0 Å². The van der Waals surface area contributed by atoms with Crippen molar-refractivity contribution in [3.63, 3.8) is 0 Å².